The van der Waals surface area contributed by atoms with Crippen LogP contribution in [-0.4, -0.2) is 38.0 Å². The Hall–Kier alpha value is -3.09. The molecule has 116 valence electrons. The van der Waals surface area contributed by atoms with Crippen LogP contribution in [0.25, 0.3) is 0 Å². The molecular weight excluding hydrogens is 290 g/mol. The van der Waals surface area contributed by atoms with Crippen LogP contribution in [0, 0.1) is 0 Å². The first-order valence-electron chi connectivity index (χ1n) is 6.42. The monoisotopic (exact) mass is 305 g/mol. The number of amides is 1. The van der Waals surface area contributed by atoms with Crippen LogP contribution >= 0.6 is 0 Å². The third kappa shape index (κ3) is 3.32. The van der Waals surface area contributed by atoms with Gasteiger partial charge in [-0.25, -0.2) is 0 Å². The zero-order valence-corrected chi connectivity index (χ0v) is 11.4. The Balaban J connectivity index is 1.97. The average Bonchev–Trinajstić information content (AvgIpc) is 2.47. The van der Waals surface area contributed by atoms with Crippen LogP contribution in [0.15, 0.2) is 30.3 Å². The van der Waals surface area contributed by atoms with E-state index in [1.807, 2.05) is 0 Å². The van der Waals surface area contributed by atoms with Crippen molar-refractivity contribution in [3.8, 4) is 28.7 Å². The number of nitrogens with one attached hydrogen (secondary N) is 1. The third-order valence-electron chi connectivity index (χ3n) is 3.07. The van der Waals surface area contributed by atoms with Crippen LogP contribution in [0.3, 0.4) is 0 Å². The van der Waals surface area contributed by atoms with Gasteiger partial charge in [-0.3, -0.25) is 4.79 Å². The summed E-state index contributed by atoms with van der Waals surface area (Å²) in [5, 5.41) is 49.0. The van der Waals surface area contributed by atoms with Crippen molar-refractivity contribution < 1.29 is 30.3 Å². The Kier molecular flexibility index (Phi) is 4.26. The molecule has 0 saturated heterocycles. The first-order valence-corrected chi connectivity index (χ1v) is 6.42. The molecule has 0 unspecified atom stereocenters. The molecule has 0 aliphatic rings. The van der Waals surface area contributed by atoms with Crippen molar-refractivity contribution in [1.82, 2.24) is 5.32 Å². The van der Waals surface area contributed by atoms with Crippen molar-refractivity contribution in [3.63, 3.8) is 0 Å². The molecule has 0 atom stereocenters. The van der Waals surface area contributed by atoms with Crippen molar-refractivity contribution in [2.24, 2.45) is 0 Å². The lowest BCUT2D eigenvalue weighted by Crippen LogP contribution is -2.25. The molecule has 0 bridgehead atoms. The first kappa shape index (κ1) is 15.3. The van der Waals surface area contributed by atoms with Gasteiger partial charge in [0.1, 0.15) is 0 Å². The van der Waals surface area contributed by atoms with Gasteiger partial charge in [0.2, 0.25) is 0 Å². The summed E-state index contributed by atoms with van der Waals surface area (Å²) in [5.74, 6) is -2.85. The molecule has 0 radical (unpaired) electrons. The second-order valence-corrected chi connectivity index (χ2v) is 4.69. The van der Waals surface area contributed by atoms with E-state index in [9.17, 15) is 30.3 Å². The van der Waals surface area contributed by atoms with Gasteiger partial charge in [-0.15, -0.1) is 0 Å². The highest BCUT2D eigenvalue weighted by Crippen LogP contribution is 2.35. The number of benzene rings is 2. The Morgan fingerprint density at radius 1 is 0.864 bits per heavy atom. The van der Waals surface area contributed by atoms with E-state index in [4.69, 9.17) is 0 Å². The highest BCUT2D eigenvalue weighted by Gasteiger charge is 2.13. The number of hydrogen-bond acceptors (Lipinski definition) is 6. The Bertz CT molecular complexity index is 690. The smallest absolute Gasteiger partial charge is 0.251 e. The van der Waals surface area contributed by atoms with Crippen molar-refractivity contribution in [1.29, 1.82) is 0 Å². The molecular formula is C15H15NO6. The molecule has 0 fully saturated rings. The fourth-order valence-electron chi connectivity index (χ4n) is 1.88. The lowest BCUT2D eigenvalue weighted by Gasteiger charge is -2.08. The lowest BCUT2D eigenvalue weighted by atomic mass is 10.1. The summed E-state index contributed by atoms with van der Waals surface area (Å²) in [6, 6.07) is 6.43. The highest BCUT2D eigenvalue weighted by molar-refractivity contribution is 5.95. The fraction of sp³-hybridized carbons (Fsp3) is 0.133. The number of phenolic OH excluding ortho intramolecular Hbond substituents is 5. The summed E-state index contributed by atoms with van der Waals surface area (Å²) in [6.45, 7) is 0.242. The molecule has 0 aliphatic carbocycles. The maximum atomic E-state index is 11.9. The van der Waals surface area contributed by atoms with Gasteiger partial charge in [0.25, 0.3) is 5.91 Å². The van der Waals surface area contributed by atoms with Gasteiger partial charge in [-0.05, 0) is 36.2 Å². The number of carbonyl (C=O) groups is 1. The molecule has 0 spiro atoms. The van der Waals surface area contributed by atoms with Gasteiger partial charge >= 0.3 is 0 Å². The predicted octanol–water partition coefficient (Wildman–Crippen LogP) is 1.19. The first-order chi connectivity index (χ1) is 10.4. The van der Waals surface area contributed by atoms with Crippen LogP contribution < -0.4 is 5.32 Å². The maximum Gasteiger partial charge on any atom is 0.251 e. The van der Waals surface area contributed by atoms with E-state index in [0.29, 0.717) is 12.0 Å². The summed E-state index contributed by atoms with van der Waals surface area (Å²) in [5.41, 5.74) is 0.716. The standard InChI is InChI=1S/C15H15NO6/c17-10-2-1-8(5-11(10)18)3-4-16-15(22)9-6-12(19)14(21)13(20)7-9/h1-2,5-7,17-21H,3-4H2,(H,16,22). The van der Waals surface area contributed by atoms with E-state index in [1.54, 1.807) is 6.07 Å². The van der Waals surface area contributed by atoms with E-state index in [1.165, 1.54) is 12.1 Å². The molecule has 0 aliphatic heterocycles. The minimum Gasteiger partial charge on any atom is -0.504 e. The molecule has 22 heavy (non-hydrogen) atoms. The molecule has 1 amide bonds. The van der Waals surface area contributed by atoms with Gasteiger partial charge in [0.15, 0.2) is 28.7 Å². The van der Waals surface area contributed by atoms with Crippen LogP contribution in [0.2, 0.25) is 0 Å². The summed E-state index contributed by atoms with van der Waals surface area (Å²) in [4.78, 5) is 11.9. The van der Waals surface area contributed by atoms with Crippen LogP contribution in [0.5, 0.6) is 28.7 Å². The number of carbonyl (C=O) groups excluding carboxylic acids is 1. The summed E-state index contributed by atoms with van der Waals surface area (Å²) < 4.78 is 0. The van der Waals surface area contributed by atoms with Crippen molar-refractivity contribution >= 4 is 5.91 Å². The molecule has 7 nitrogen and oxygen atoms in total. The van der Waals surface area contributed by atoms with E-state index in [2.05, 4.69) is 5.32 Å². The summed E-state index contributed by atoms with van der Waals surface area (Å²) in [6.07, 6.45) is 0.412. The van der Waals surface area contributed by atoms with E-state index in [-0.39, 0.29) is 23.6 Å². The largest absolute Gasteiger partial charge is 0.504 e. The number of hydrogen-bond donors (Lipinski definition) is 6. The Labute approximate surface area is 125 Å². The molecule has 7 heteroatoms. The lowest BCUT2D eigenvalue weighted by molar-refractivity contribution is 0.0953. The molecule has 2 rings (SSSR count). The minimum atomic E-state index is -0.684. The van der Waals surface area contributed by atoms with E-state index in [0.717, 1.165) is 12.1 Å². The Morgan fingerprint density at radius 2 is 1.50 bits per heavy atom. The number of aromatic hydroxyl groups is 5. The molecule has 0 saturated carbocycles. The normalized spacial score (nSPS) is 10.4. The van der Waals surface area contributed by atoms with E-state index >= 15 is 0 Å². The van der Waals surface area contributed by atoms with Gasteiger partial charge in [-0.1, -0.05) is 6.07 Å². The van der Waals surface area contributed by atoms with Crippen molar-refractivity contribution in [2.45, 2.75) is 6.42 Å². The van der Waals surface area contributed by atoms with Crippen molar-refractivity contribution in [2.75, 3.05) is 6.54 Å². The number of rotatable bonds is 4. The molecule has 0 aromatic heterocycles. The van der Waals surface area contributed by atoms with Crippen LogP contribution in [0.4, 0.5) is 0 Å². The fourth-order valence-corrected chi connectivity index (χ4v) is 1.88. The third-order valence-corrected chi connectivity index (χ3v) is 3.07. The van der Waals surface area contributed by atoms with Crippen LogP contribution in [-0.2, 0) is 6.42 Å². The molecule has 2 aromatic carbocycles. The van der Waals surface area contributed by atoms with Crippen molar-refractivity contribution in [3.05, 3.63) is 41.5 Å². The van der Waals surface area contributed by atoms with E-state index < -0.39 is 23.2 Å². The quantitative estimate of drug-likeness (QED) is 0.470. The molecule has 6 N–H and O–H groups in total. The van der Waals surface area contributed by atoms with Gasteiger partial charge in [0.05, 0.1) is 0 Å². The average molecular weight is 305 g/mol. The topological polar surface area (TPSA) is 130 Å². The van der Waals surface area contributed by atoms with Gasteiger partial charge in [-0.2, -0.15) is 0 Å². The van der Waals surface area contributed by atoms with Gasteiger partial charge in [0, 0.05) is 12.1 Å². The maximum absolute atomic E-state index is 11.9. The zero-order valence-electron chi connectivity index (χ0n) is 11.4. The zero-order chi connectivity index (χ0) is 16.3. The highest BCUT2D eigenvalue weighted by atomic mass is 16.3. The Morgan fingerprint density at radius 3 is 2.09 bits per heavy atom. The minimum absolute atomic E-state index is 0.00125. The second-order valence-electron chi connectivity index (χ2n) is 4.69. The summed E-state index contributed by atoms with van der Waals surface area (Å²) >= 11 is 0. The molecule has 2 aromatic rings. The number of phenols is 5. The van der Waals surface area contributed by atoms with Crippen LogP contribution in [0.1, 0.15) is 15.9 Å². The predicted molar refractivity (Wildman–Crippen MR) is 77.2 cm³/mol. The SMILES string of the molecule is O=C(NCCc1ccc(O)c(O)c1)c1cc(O)c(O)c(O)c1. The van der Waals surface area contributed by atoms with Gasteiger partial charge < -0.3 is 30.8 Å². The molecule has 0 heterocycles. The summed E-state index contributed by atoms with van der Waals surface area (Å²) in [7, 11) is 0. The second kappa shape index (κ2) is 6.13.